The summed E-state index contributed by atoms with van der Waals surface area (Å²) in [6.07, 6.45) is 2.36. The summed E-state index contributed by atoms with van der Waals surface area (Å²) in [5.74, 6) is 0.397. The summed E-state index contributed by atoms with van der Waals surface area (Å²) in [7, 11) is 3.94. The van der Waals surface area contributed by atoms with E-state index >= 15 is 0 Å². The van der Waals surface area contributed by atoms with Crippen molar-refractivity contribution < 1.29 is 4.79 Å². The van der Waals surface area contributed by atoms with E-state index in [2.05, 4.69) is 15.5 Å². The van der Waals surface area contributed by atoms with Crippen molar-refractivity contribution in [3.05, 3.63) is 52.3 Å². The van der Waals surface area contributed by atoms with Crippen LogP contribution in [0.25, 0.3) is 0 Å². The first kappa shape index (κ1) is 16.0. The molecule has 0 bridgehead atoms. The lowest BCUT2D eigenvalue weighted by molar-refractivity contribution is 0.0937. The van der Waals surface area contributed by atoms with Gasteiger partial charge in [-0.15, -0.1) is 0 Å². The number of nitrogens with zero attached hydrogens (tertiary/aromatic N) is 2. The second-order valence-electron chi connectivity index (χ2n) is 6.19. The molecule has 0 spiro atoms. The molecule has 1 saturated carbocycles. The number of aromatic amines is 1. The Balaban J connectivity index is 1.66. The zero-order chi connectivity index (χ0) is 16.4. The number of aromatic nitrogens is 2. The third kappa shape index (κ3) is 3.74. The Hall–Kier alpha value is -1.85. The van der Waals surface area contributed by atoms with Crippen molar-refractivity contribution in [1.82, 2.24) is 20.4 Å². The normalized spacial score (nSPS) is 15.7. The van der Waals surface area contributed by atoms with Gasteiger partial charge >= 0.3 is 0 Å². The van der Waals surface area contributed by atoms with Crippen molar-refractivity contribution in [2.45, 2.75) is 24.8 Å². The predicted molar refractivity (Wildman–Crippen MR) is 90.8 cm³/mol. The zero-order valence-corrected chi connectivity index (χ0v) is 14.1. The lowest BCUT2D eigenvalue weighted by Crippen LogP contribution is -2.34. The van der Waals surface area contributed by atoms with Crippen molar-refractivity contribution in [1.29, 1.82) is 0 Å². The number of likely N-dealkylation sites (N-methyl/N-ethyl adjacent to an activating group) is 1. The summed E-state index contributed by atoms with van der Waals surface area (Å²) in [5.41, 5.74) is 2.51. The fourth-order valence-corrected chi connectivity index (χ4v) is 2.91. The smallest absolute Gasteiger partial charge is 0.271 e. The minimum Gasteiger partial charge on any atom is -0.349 e. The lowest BCUT2D eigenvalue weighted by atomic mass is 10.1. The van der Waals surface area contributed by atoms with Crippen LogP contribution in [0.5, 0.6) is 0 Å². The SMILES string of the molecule is CN(C)C(CNC(=O)c1cc(C2CC2)[nH]n1)c1ccccc1Cl. The van der Waals surface area contributed by atoms with E-state index in [1.807, 2.05) is 49.3 Å². The van der Waals surface area contributed by atoms with Gasteiger partial charge in [-0.25, -0.2) is 0 Å². The van der Waals surface area contributed by atoms with Crippen LogP contribution in [0.15, 0.2) is 30.3 Å². The highest BCUT2D eigenvalue weighted by Gasteiger charge is 2.26. The average molecular weight is 333 g/mol. The van der Waals surface area contributed by atoms with Gasteiger partial charge in [0.1, 0.15) is 5.69 Å². The molecule has 6 heteroatoms. The van der Waals surface area contributed by atoms with Crippen LogP contribution in [0.2, 0.25) is 5.02 Å². The van der Waals surface area contributed by atoms with E-state index in [1.54, 1.807) is 0 Å². The van der Waals surface area contributed by atoms with Gasteiger partial charge in [0.2, 0.25) is 0 Å². The number of H-pyrrole nitrogens is 1. The first-order chi connectivity index (χ1) is 11.1. The number of rotatable bonds is 6. The van der Waals surface area contributed by atoms with Gasteiger partial charge in [-0.05, 0) is 44.6 Å². The summed E-state index contributed by atoms with van der Waals surface area (Å²) in [6.45, 7) is 0.473. The number of carbonyl (C=O) groups is 1. The summed E-state index contributed by atoms with van der Waals surface area (Å²) in [6, 6.07) is 9.57. The van der Waals surface area contributed by atoms with Gasteiger partial charge in [0.15, 0.2) is 0 Å². The van der Waals surface area contributed by atoms with Gasteiger partial charge in [0, 0.05) is 23.2 Å². The van der Waals surface area contributed by atoms with E-state index < -0.39 is 0 Å². The number of amides is 1. The Bertz CT molecular complexity index is 693. The number of benzene rings is 1. The molecule has 1 fully saturated rings. The molecule has 1 unspecified atom stereocenters. The first-order valence-corrected chi connectivity index (χ1v) is 8.18. The molecule has 0 radical (unpaired) electrons. The van der Waals surface area contributed by atoms with Crippen molar-refractivity contribution in [2.75, 3.05) is 20.6 Å². The van der Waals surface area contributed by atoms with Crippen molar-refractivity contribution in [3.63, 3.8) is 0 Å². The molecule has 0 saturated heterocycles. The summed E-state index contributed by atoms with van der Waals surface area (Å²) >= 11 is 6.28. The molecule has 1 heterocycles. The molecule has 2 N–H and O–H groups in total. The molecule has 1 aliphatic rings. The van der Waals surface area contributed by atoms with Gasteiger partial charge in [-0.1, -0.05) is 29.8 Å². The Morgan fingerprint density at radius 3 is 2.83 bits per heavy atom. The molecule has 1 atom stereocenters. The summed E-state index contributed by atoms with van der Waals surface area (Å²) in [4.78, 5) is 14.3. The Morgan fingerprint density at radius 2 is 2.17 bits per heavy atom. The van der Waals surface area contributed by atoms with Gasteiger partial charge in [0.05, 0.1) is 6.04 Å². The fourth-order valence-electron chi connectivity index (χ4n) is 2.65. The standard InChI is InChI=1S/C17H21ClN4O/c1-22(2)16(12-5-3-4-6-13(12)18)10-19-17(23)15-9-14(20-21-15)11-7-8-11/h3-6,9,11,16H,7-8,10H2,1-2H3,(H,19,23)(H,20,21). The molecule has 3 rings (SSSR count). The molecule has 1 aromatic carbocycles. The van der Waals surface area contributed by atoms with Crippen molar-refractivity contribution in [3.8, 4) is 0 Å². The Kier molecular flexibility index (Phi) is 4.68. The minimum atomic E-state index is -0.160. The highest BCUT2D eigenvalue weighted by Crippen LogP contribution is 2.39. The number of hydrogen-bond donors (Lipinski definition) is 2. The van der Waals surface area contributed by atoms with Crippen molar-refractivity contribution >= 4 is 17.5 Å². The summed E-state index contributed by atoms with van der Waals surface area (Å²) in [5, 5.41) is 10.7. The molecular weight excluding hydrogens is 312 g/mol. The second-order valence-corrected chi connectivity index (χ2v) is 6.60. The van der Waals surface area contributed by atoms with Crippen LogP contribution in [-0.4, -0.2) is 41.6 Å². The third-order valence-electron chi connectivity index (χ3n) is 4.19. The predicted octanol–water partition coefficient (Wildman–Crippen LogP) is 2.97. The van der Waals surface area contributed by atoms with E-state index in [0.29, 0.717) is 23.2 Å². The van der Waals surface area contributed by atoms with Crippen LogP contribution in [0.4, 0.5) is 0 Å². The van der Waals surface area contributed by atoms with E-state index in [4.69, 9.17) is 11.6 Å². The first-order valence-electron chi connectivity index (χ1n) is 7.80. The van der Waals surface area contributed by atoms with E-state index in [-0.39, 0.29) is 11.9 Å². The quantitative estimate of drug-likeness (QED) is 0.855. The Labute approximate surface area is 141 Å². The molecular formula is C17H21ClN4O. The third-order valence-corrected chi connectivity index (χ3v) is 4.54. The molecule has 122 valence electrons. The Morgan fingerprint density at radius 1 is 1.43 bits per heavy atom. The fraction of sp³-hybridized carbons (Fsp3) is 0.412. The van der Waals surface area contributed by atoms with Crippen LogP contribution >= 0.6 is 11.6 Å². The molecule has 0 aliphatic heterocycles. The number of nitrogens with one attached hydrogen (secondary N) is 2. The maximum absolute atomic E-state index is 12.3. The van der Waals surface area contributed by atoms with Crippen LogP contribution < -0.4 is 5.32 Å². The highest BCUT2D eigenvalue weighted by atomic mass is 35.5. The van der Waals surface area contributed by atoms with Gasteiger partial charge in [-0.2, -0.15) is 5.10 Å². The van der Waals surface area contributed by atoms with Gasteiger partial charge in [0.25, 0.3) is 5.91 Å². The van der Waals surface area contributed by atoms with Crippen molar-refractivity contribution in [2.24, 2.45) is 0 Å². The monoisotopic (exact) mass is 332 g/mol. The maximum Gasteiger partial charge on any atom is 0.271 e. The van der Waals surface area contributed by atoms with Crippen LogP contribution in [0.1, 0.15) is 46.5 Å². The number of carbonyl (C=O) groups excluding carboxylic acids is 1. The second kappa shape index (κ2) is 6.72. The molecule has 1 aromatic heterocycles. The van der Waals surface area contributed by atoms with Crippen LogP contribution in [-0.2, 0) is 0 Å². The summed E-state index contributed by atoms with van der Waals surface area (Å²) < 4.78 is 0. The maximum atomic E-state index is 12.3. The van der Waals surface area contributed by atoms with Crippen LogP contribution in [0, 0.1) is 0 Å². The van der Waals surface area contributed by atoms with Gasteiger partial charge in [-0.3, -0.25) is 9.89 Å². The molecule has 1 aliphatic carbocycles. The van der Waals surface area contributed by atoms with Crippen LogP contribution in [0.3, 0.4) is 0 Å². The topological polar surface area (TPSA) is 61.0 Å². The van der Waals surface area contributed by atoms with E-state index in [1.165, 1.54) is 12.8 Å². The molecule has 2 aromatic rings. The van der Waals surface area contributed by atoms with Gasteiger partial charge < -0.3 is 10.2 Å². The molecule has 1 amide bonds. The molecule has 5 nitrogen and oxygen atoms in total. The highest BCUT2D eigenvalue weighted by molar-refractivity contribution is 6.31. The largest absolute Gasteiger partial charge is 0.349 e. The van der Waals surface area contributed by atoms with E-state index in [0.717, 1.165) is 11.3 Å². The number of hydrogen-bond acceptors (Lipinski definition) is 3. The average Bonchev–Trinajstić information content (AvgIpc) is 3.26. The lowest BCUT2D eigenvalue weighted by Gasteiger charge is -2.25. The molecule has 23 heavy (non-hydrogen) atoms. The van der Waals surface area contributed by atoms with E-state index in [9.17, 15) is 4.79 Å². The number of halogens is 1. The zero-order valence-electron chi connectivity index (χ0n) is 13.3. The minimum absolute atomic E-state index is 0.00879.